The van der Waals surface area contributed by atoms with Gasteiger partial charge in [-0.15, -0.1) is 12.3 Å². The van der Waals surface area contributed by atoms with Gasteiger partial charge in [0.25, 0.3) is 0 Å². The molecule has 1 rings (SSSR count). The predicted molar refractivity (Wildman–Crippen MR) is 55.3 cm³/mol. The van der Waals surface area contributed by atoms with Crippen molar-refractivity contribution in [2.75, 3.05) is 0 Å². The zero-order valence-corrected chi connectivity index (χ0v) is 8.55. The largest absolute Gasteiger partial charge is 0.389 e. The monoisotopic (exact) mass is 180 g/mol. The molecule has 1 heteroatoms. The quantitative estimate of drug-likeness (QED) is 0.492. The molecule has 1 N–H and O–H groups in total. The van der Waals surface area contributed by atoms with Gasteiger partial charge in [0.15, 0.2) is 0 Å². The topological polar surface area (TPSA) is 20.2 Å². The van der Waals surface area contributed by atoms with Crippen LogP contribution in [0.4, 0.5) is 0 Å². The van der Waals surface area contributed by atoms with Crippen molar-refractivity contribution in [2.24, 2.45) is 5.92 Å². The third kappa shape index (κ3) is 3.04. The molecule has 0 aromatic carbocycles. The van der Waals surface area contributed by atoms with Crippen LogP contribution in [0.5, 0.6) is 0 Å². The van der Waals surface area contributed by atoms with Crippen molar-refractivity contribution in [2.45, 2.75) is 57.5 Å². The van der Waals surface area contributed by atoms with Crippen molar-refractivity contribution >= 4 is 0 Å². The Morgan fingerprint density at radius 3 is 2.62 bits per heavy atom. The average molecular weight is 180 g/mol. The molecule has 1 atom stereocenters. The Labute approximate surface area is 81.5 Å². The summed E-state index contributed by atoms with van der Waals surface area (Å²) in [5.74, 6) is 3.11. The van der Waals surface area contributed by atoms with E-state index < -0.39 is 5.60 Å². The lowest BCUT2D eigenvalue weighted by Gasteiger charge is -2.25. The number of rotatable bonds is 6. The summed E-state index contributed by atoms with van der Waals surface area (Å²) in [6, 6.07) is 0. The van der Waals surface area contributed by atoms with E-state index in [9.17, 15) is 5.11 Å². The Hall–Kier alpha value is -0.480. The number of hydrogen-bond acceptors (Lipinski definition) is 1. The van der Waals surface area contributed by atoms with Gasteiger partial charge in [-0.05, 0) is 25.2 Å². The summed E-state index contributed by atoms with van der Waals surface area (Å²) < 4.78 is 0. The summed E-state index contributed by atoms with van der Waals surface area (Å²) in [4.78, 5) is 0. The van der Waals surface area contributed by atoms with Gasteiger partial charge in [0.2, 0.25) is 0 Å². The lowest BCUT2D eigenvalue weighted by molar-refractivity contribution is 0.0116. The van der Waals surface area contributed by atoms with Gasteiger partial charge in [-0.3, -0.25) is 0 Å². The first kappa shape index (κ1) is 10.6. The lowest BCUT2D eigenvalue weighted by atomic mass is 9.88. The molecule has 0 bridgehead atoms. The molecule has 0 spiro atoms. The number of terminal acetylenes is 1. The highest BCUT2D eigenvalue weighted by Crippen LogP contribution is 2.44. The molecule has 0 aromatic heterocycles. The molecule has 0 amide bonds. The lowest BCUT2D eigenvalue weighted by Crippen LogP contribution is -2.30. The summed E-state index contributed by atoms with van der Waals surface area (Å²) in [6.07, 6.45) is 12.6. The van der Waals surface area contributed by atoms with Gasteiger partial charge in [-0.1, -0.05) is 26.2 Å². The third-order valence-corrected chi connectivity index (χ3v) is 2.96. The first-order valence-electron chi connectivity index (χ1n) is 5.39. The van der Waals surface area contributed by atoms with Gasteiger partial charge in [0.05, 0.1) is 5.60 Å². The first-order valence-corrected chi connectivity index (χ1v) is 5.39. The highest BCUT2D eigenvalue weighted by Gasteiger charge is 2.42. The van der Waals surface area contributed by atoms with Crippen LogP contribution in [0.25, 0.3) is 0 Å². The van der Waals surface area contributed by atoms with Gasteiger partial charge < -0.3 is 5.11 Å². The van der Waals surface area contributed by atoms with Crippen LogP contribution in [-0.4, -0.2) is 10.7 Å². The standard InChI is InChI=1S/C12H20O/c1-3-5-6-10-12(13,9-4-2)11-7-8-11/h2,11,13H,3,5-10H2,1H3. The second-order valence-corrected chi connectivity index (χ2v) is 4.22. The molecule has 0 radical (unpaired) electrons. The van der Waals surface area contributed by atoms with E-state index in [4.69, 9.17) is 6.42 Å². The third-order valence-electron chi connectivity index (χ3n) is 2.96. The SMILES string of the molecule is C#CCC(O)(CCCCC)C1CC1. The van der Waals surface area contributed by atoms with Crippen molar-refractivity contribution < 1.29 is 5.11 Å². The Kier molecular flexibility index (Phi) is 3.81. The van der Waals surface area contributed by atoms with Crippen molar-refractivity contribution in [1.29, 1.82) is 0 Å². The molecule has 0 heterocycles. The van der Waals surface area contributed by atoms with Crippen molar-refractivity contribution in [3.63, 3.8) is 0 Å². The molecular formula is C12H20O. The molecule has 1 nitrogen and oxygen atoms in total. The zero-order valence-electron chi connectivity index (χ0n) is 8.55. The van der Waals surface area contributed by atoms with E-state index in [-0.39, 0.29) is 0 Å². The molecule has 1 aliphatic carbocycles. The maximum atomic E-state index is 10.2. The van der Waals surface area contributed by atoms with Crippen LogP contribution in [0.15, 0.2) is 0 Å². The minimum absolute atomic E-state index is 0.500. The summed E-state index contributed by atoms with van der Waals surface area (Å²) >= 11 is 0. The van der Waals surface area contributed by atoms with Crippen molar-refractivity contribution in [3.05, 3.63) is 0 Å². The van der Waals surface area contributed by atoms with E-state index in [0.717, 1.165) is 12.8 Å². The van der Waals surface area contributed by atoms with E-state index in [2.05, 4.69) is 12.8 Å². The first-order chi connectivity index (χ1) is 6.23. The Balaban J connectivity index is 2.33. The molecule has 1 saturated carbocycles. The van der Waals surface area contributed by atoms with E-state index in [1.165, 1.54) is 25.7 Å². The number of hydrogen-bond donors (Lipinski definition) is 1. The van der Waals surface area contributed by atoms with Crippen LogP contribution in [-0.2, 0) is 0 Å². The minimum atomic E-state index is -0.524. The van der Waals surface area contributed by atoms with Crippen LogP contribution in [0.2, 0.25) is 0 Å². The highest BCUT2D eigenvalue weighted by molar-refractivity contribution is 5.02. The second-order valence-electron chi connectivity index (χ2n) is 4.22. The molecule has 0 aliphatic heterocycles. The Bertz CT molecular complexity index is 188. The zero-order chi connectivity index (χ0) is 9.73. The van der Waals surface area contributed by atoms with E-state index in [1.54, 1.807) is 0 Å². The Morgan fingerprint density at radius 1 is 1.46 bits per heavy atom. The molecule has 0 aromatic rings. The molecule has 1 aliphatic rings. The maximum absolute atomic E-state index is 10.2. The van der Waals surface area contributed by atoms with Gasteiger partial charge in [-0.25, -0.2) is 0 Å². The van der Waals surface area contributed by atoms with E-state index in [0.29, 0.717) is 12.3 Å². The van der Waals surface area contributed by atoms with Gasteiger partial charge >= 0.3 is 0 Å². The smallest absolute Gasteiger partial charge is 0.0784 e. The van der Waals surface area contributed by atoms with Crippen LogP contribution >= 0.6 is 0 Å². The van der Waals surface area contributed by atoms with Crippen molar-refractivity contribution in [1.82, 2.24) is 0 Å². The highest BCUT2D eigenvalue weighted by atomic mass is 16.3. The summed E-state index contributed by atoms with van der Waals surface area (Å²) in [7, 11) is 0. The average Bonchev–Trinajstić information content (AvgIpc) is 2.87. The predicted octanol–water partition coefficient (Wildman–Crippen LogP) is 2.73. The summed E-state index contributed by atoms with van der Waals surface area (Å²) in [5, 5.41) is 10.2. The summed E-state index contributed by atoms with van der Waals surface area (Å²) in [6.45, 7) is 2.18. The molecule has 74 valence electrons. The minimum Gasteiger partial charge on any atom is -0.389 e. The van der Waals surface area contributed by atoms with Gasteiger partial charge in [-0.2, -0.15) is 0 Å². The maximum Gasteiger partial charge on any atom is 0.0784 e. The fraction of sp³-hybridized carbons (Fsp3) is 0.833. The molecule has 1 unspecified atom stereocenters. The van der Waals surface area contributed by atoms with Gasteiger partial charge in [0, 0.05) is 6.42 Å². The summed E-state index contributed by atoms with van der Waals surface area (Å²) in [5.41, 5.74) is -0.524. The van der Waals surface area contributed by atoms with Crippen LogP contribution in [0, 0.1) is 18.3 Å². The van der Waals surface area contributed by atoms with Crippen LogP contribution in [0.3, 0.4) is 0 Å². The van der Waals surface area contributed by atoms with Crippen LogP contribution in [0.1, 0.15) is 51.9 Å². The molecule has 13 heavy (non-hydrogen) atoms. The number of aliphatic hydroxyl groups is 1. The molecular weight excluding hydrogens is 160 g/mol. The normalized spacial score (nSPS) is 20.7. The van der Waals surface area contributed by atoms with E-state index in [1.807, 2.05) is 0 Å². The fourth-order valence-electron chi connectivity index (χ4n) is 1.92. The molecule has 0 saturated heterocycles. The second kappa shape index (κ2) is 4.67. The van der Waals surface area contributed by atoms with E-state index >= 15 is 0 Å². The van der Waals surface area contributed by atoms with Crippen molar-refractivity contribution in [3.8, 4) is 12.3 Å². The Morgan fingerprint density at radius 2 is 2.15 bits per heavy atom. The fourth-order valence-corrected chi connectivity index (χ4v) is 1.92. The van der Waals surface area contributed by atoms with Gasteiger partial charge in [0.1, 0.15) is 0 Å². The number of unbranched alkanes of at least 4 members (excludes halogenated alkanes) is 2. The van der Waals surface area contributed by atoms with Crippen LogP contribution < -0.4 is 0 Å². The molecule has 1 fully saturated rings.